The molecule has 0 aliphatic heterocycles. The molecule has 0 aliphatic carbocycles. The summed E-state index contributed by atoms with van der Waals surface area (Å²) in [4.78, 5) is 7.67. The molecular weight excluding hydrogens is 159 g/mol. The van der Waals surface area contributed by atoms with E-state index in [0.717, 1.165) is 5.69 Å². The molecule has 50 valence electrons. The zero-order chi connectivity index (χ0) is 5.98. The molecule has 0 N–H and O–H groups in total. The molecule has 1 heterocycles. The number of halogens is 2. The minimum absolute atomic E-state index is 0. The van der Waals surface area contributed by atoms with E-state index in [1.807, 2.05) is 6.92 Å². The third-order valence-corrected chi connectivity index (χ3v) is 0.945. The average molecular weight is 165 g/mol. The second kappa shape index (κ2) is 3.64. The molecule has 1 aromatic heterocycles. The summed E-state index contributed by atoms with van der Waals surface area (Å²) in [7, 11) is 0. The molecule has 0 aliphatic rings. The van der Waals surface area contributed by atoms with Crippen LogP contribution in [-0.4, -0.2) is 9.97 Å². The fraction of sp³-hybridized carbons (Fsp3) is 0.200. The van der Waals surface area contributed by atoms with Gasteiger partial charge >= 0.3 is 0 Å². The van der Waals surface area contributed by atoms with Crippen molar-refractivity contribution >= 4 is 24.0 Å². The minimum Gasteiger partial charge on any atom is -0.257 e. The molecule has 9 heavy (non-hydrogen) atoms. The van der Waals surface area contributed by atoms with Gasteiger partial charge in [0.05, 0.1) is 11.9 Å². The van der Waals surface area contributed by atoms with Crippen molar-refractivity contribution in [1.82, 2.24) is 9.97 Å². The number of aromatic nitrogens is 2. The van der Waals surface area contributed by atoms with Crippen LogP contribution in [0.5, 0.6) is 0 Å². The summed E-state index contributed by atoms with van der Waals surface area (Å²) in [5, 5.41) is 0.440. The predicted octanol–water partition coefficient (Wildman–Crippen LogP) is 1.86. The lowest BCUT2D eigenvalue weighted by Crippen LogP contribution is -1.80. The van der Waals surface area contributed by atoms with Gasteiger partial charge in [-0.25, -0.2) is 4.98 Å². The van der Waals surface area contributed by atoms with Crippen molar-refractivity contribution < 1.29 is 0 Å². The van der Waals surface area contributed by atoms with Crippen molar-refractivity contribution in [2.75, 3.05) is 0 Å². The molecule has 0 bridgehead atoms. The quantitative estimate of drug-likeness (QED) is 0.586. The van der Waals surface area contributed by atoms with Gasteiger partial charge < -0.3 is 0 Å². The Labute approximate surface area is 64.7 Å². The van der Waals surface area contributed by atoms with E-state index in [2.05, 4.69) is 9.97 Å². The lowest BCUT2D eigenvalue weighted by Gasteiger charge is -1.86. The molecule has 0 amide bonds. The summed E-state index contributed by atoms with van der Waals surface area (Å²) in [5.41, 5.74) is 0.884. The monoisotopic (exact) mass is 164 g/mol. The van der Waals surface area contributed by atoms with Gasteiger partial charge in [0.2, 0.25) is 0 Å². The molecule has 0 saturated carbocycles. The molecular formula is C5H6Cl2N2. The van der Waals surface area contributed by atoms with Crippen LogP contribution in [0.1, 0.15) is 5.69 Å². The van der Waals surface area contributed by atoms with Gasteiger partial charge in [-0.15, -0.1) is 12.4 Å². The van der Waals surface area contributed by atoms with Crippen LogP contribution in [0.3, 0.4) is 0 Å². The first-order chi connectivity index (χ1) is 3.79. The number of rotatable bonds is 0. The van der Waals surface area contributed by atoms with E-state index < -0.39 is 0 Å². The van der Waals surface area contributed by atoms with Crippen molar-refractivity contribution in [1.29, 1.82) is 0 Å². The fourth-order valence-corrected chi connectivity index (χ4v) is 0.474. The standard InChI is InChI=1S/C5H5ClN2.ClH/c1-4-2-8-5(6)3-7-4;/h2-3H,1H3;1H. The first-order valence-electron chi connectivity index (χ1n) is 2.23. The number of hydrogen-bond donors (Lipinski definition) is 0. The second-order valence-electron chi connectivity index (χ2n) is 1.48. The van der Waals surface area contributed by atoms with Gasteiger partial charge in [-0.3, -0.25) is 4.98 Å². The SMILES string of the molecule is Cc1cnc(Cl)cn1.Cl. The molecule has 0 spiro atoms. The summed E-state index contributed by atoms with van der Waals surface area (Å²) in [6.07, 6.45) is 3.15. The van der Waals surface area contributed by atoms with Crippen LogP contribution in [0.25, 0.3) is 0 Å². The highest BCUT2D eigenvalue weighted by atomic mass is 35.5. The number of aryl methyl sites for hydroxylation is 1. The van der Waals surface area contributed by atoms with E-state index in [4.69, 9.17) is 11.6 Å². The normalized spacial score (nSPS) is 8.22. The largest absolute Gasteiger partial charge is 0.257 e. The van der Waals surface area contributed by atoms with E-state index in [9.17, 15) is 0 Å². The predicted molar refractivity (Wildman–Crippen MR) is 39.0 cm³/mol. The topological polar surface area (TPSA) is 25.8 Å². The summed E-state index contributed by atoms with van der Waals surface area (Å²) in [6, 6.07) is 0. The minimum atomic E-state index is 0. The Hall–Kier alpha value is -0.340. The van der Waals surface area contributed by atoms with Gasteiger partial charge in [0.25, 0.3) is 0 Å². The first kappa shape index (κ1) is 8.66. The maximum absolute atomic E-state index is 5.44. The van der Waals surface area contributed by atoms with Crippen LogP contribution < -0.4 is 0 Å². The van der Waals surface area contributed by atoms with Gasteiger partial charge in [-0.05, 0) is 6.92 Å². The van der Waals surface area contributed by atoms with E-state index in [-0.39, 0.29) is 12.4 Å². The summed E-state index contributed by atoms with van der Waals surface area (Å²) < 4.78 is 0. The van der Waals surface area contributed by atoms with Crippen LogP contribution in [0.15, 0.2) is 12.4 Å². The van der Waals surface area contributed by atoms with Crippen LogP contribution in [0, 0.1) is 6.92 Å². The summed E-state index contributed by atoms with van der Waals surface area (Å²) in [5.74, 6) is 0. The van der Waals surface area contributed by atoms with E-state index in [1.54, 1.807) is 6.20 Å². The van der Waals surface area contributed by atoms with Gasteiger partial charge in [0.1, 0.15) is 5.15 Å². The Morgan fingerprint density at radius 2 is 2.00 bits per heavy atom. The lowest BCUT2D eigenvalue weighted by molar-refractivity contribution is 1.12. The van der Waals surface area contributed by atoms with Crippen LogP contribution >= 0.6 is 24.0 Å². The van der Waals surface area contributed by atoms with Crippen LogP contribution in [0.4, 0.5) is 0 Å². The highest BCUT2D eigenvalue weighted by molar-refractivity contribution is 6.29. The Kier molecular flexibility index (Phi) is 3.50. The van der Waals surface area contributed by atoms with E-state index in [1.165, 1.54) is 6.20 Å². The Balaban J connectivity index is 0.000000640. The molecule has 0 aromatic carbocycles. The number of hydrogen-bond acceptors (Lipinski definition) is 2. The lowest BCUT2D eigenvalue weighted by atomic mass is 10.5. The second-order valence-corrected chi connectivity index (χ2v) is 1.87. The molecule has 0 fully saturated rings. The van der Waals surface area contributed by atoms with Gasteiger partial charge in [0, 0.05) is 6.20 Å². The van der Waals surface area contributed by atoms with Crippen LogP contribution in [0.2, 0.25) is 5.15 Å². The molecule has 1 aromatic rings. The summed E-state index contributed by atoms with van der Waals surface area (Å²) in [6.45, 7) is 1.86. The molecule has 0 atom stereocenters. The molecule has 0 radical (unpaired) electrons. The highest BCUT2D eigenvalue weighted by Crippen LogP contribution is 1.98. The van der Waals surface area contributed by atoms with Crippen molar-refractivity contribution in [3.05, 3.63) is 23.2 Å². The molecule has 0 unspecified atom stereocenters. The molecule has 1 rings (SSSR count). The Morgan fingerprint density at radius 1 is 1.33 bits per heavy atom. The fourth-order valence-electron chi connectivity index (χ4n) is 0.377. The van der Waals surface area contributed by atoms with Crippen molar-refractivity contribution in [3.8, 4) is 0 Å². The van der Waals surface area contributed by atoms with Crippen molar-refractivity contribution in [2.24, 2.45) is 0 Å². The molecule has 2 nitrogen and oxygen atoms in total. The van der Waals surface area contributed by atoms with E-state index in [0.29, 0.717) is 5.15 Å². The zero-order valence-electron chi connectivity index (χ0n) is 4.84. The first-order valence-corrected chi connectivity index (χ1v) is 2.61. The van der Waals surface area contributed by atoms with Crippen LogP contribution in [-0.2, 0) is 0 Å². The maximum Gasteiger partial charge on any atom is 0.147 e. The third kappa shape index (κ3) is 2.63. The Bertz CT molecular complexity index is 152. The maximum atomic E-state index is 5.44. The van der Waals surface area contributed by atoms with Crippen molar-refractivity contribution in [3.63, 3.8) is 0 Å². The van der Waals surface area contributed by atoms with Gasteiger partial charge in [-0.2, -0.15) is 0 Å². The third-order valence-electron chi connectivity index (χ3n) is 0.749. The smallest absolute Gasteiger partial charge is 0.147 e. The van der Waals surface area contributed by atoms with Crippen molar-refractivity contribution in [2.45, 2.75) is 6.92 Å². The van der Waals surface area contributed by atoms with E-state index >= 15 is 0 Å². The Morgan fingerprint density at radius 3 is 2.33 bits per heavy atom. The van der Waals surface area contributed by atoms with Gasteiger partial charge in [0.15, 0.2) is 0 Å². The molecule has 4 heteroatoms. The highest BCUT2D eigenvalue weighted by Gasteiger charge is 1.84. The van der Waals surface area contributed by atoms with Gasteiger partial charge in [-0.1, -0.05) is 11.6 Å². The molecule has 0 saturated heterocycles. The average Bonchev–Trinajstić information content (AvgIpc) is 1.77. The zero-order valence-corrected chi connectivity index (χ0v) is 6.41. The number of nitrogens with zero attached hydrogens (tertiary/aromatic N) is 2. The summed E-state index contributed by atoms with van der Waals surface area (Å²) >= 11 is 5.44.